The Labute approximate surface area is 181 Å². The van der Waals surface area contributed by atoms with E-state index >= 15 is 0 Å². The van der Waals surface area contributed by atoms with Crippen LogP contribution < -0.4 is 20.1 Å². The molecule has 2 aromatic carbocycles. The van der Waals surface area contributed by atoms with Crippen LogP contribution in [0.15, 0.2) is 58.1 Å². The highest BCUT2D eigenvalue weighted by molar-refractivity contribution is 5.93. The first-order valence-corrected chi connectivity index (χ1v) is 10.2. The number of nitrogens with one attached hydrogen (secondary N) is 2. The van der Waals surface area contributed by atoms with Crippen LogP contribution in [0.5, 0.6) is 11.5 Å². The molecule has 0 fully saturated rings. The van der Waals surface area contributed by atoms with Crippen LogP contribution in [0, 0.1) is 5.82 Å². The minimum Gasteiger partial charge on any atom is -0.493 e. The largest absolute Gasteiger partial charge is 0.493 e. The summed E-state index contributed by atoms with van der Waals surface area (Å²) in [6.07, 6.45) is 2.21. The van der Waals surface area contributed by atoms with Crippen molar-refractivity contribution < 1.29 is 18.3 Å². The van der Waals surface area contributed by atoms with E-state index in [0.29, 0.717) is 42.9 Å². The van der Waals surface area contributed by atoms with Gasteiger partial charge < -0.3 is 24.5 Å². The van der Waals surface area contributed by atoms with Crippen molar-refractivity contribution in [2.75, 3.05) is 32.1 Å². The fourth-order valence-corrected chi connectivity index (χ4v) is 2.89. The van der Waals surface area contributed by atoms with E-state index in [1.54, 1.807) is 25.5 Å². The second kappa shape index (κ2) is 11.0. The van der Waals surface area contributed by atoms with Gasteiger partial charge >= 0.3 is 0 Å². The first-order chi connectivity index (χ1) is 15.1. The molecule has 7 nitrogen and oxygen atoms in total. The van der Waals surface area contributed by atoms with Gasteiger partial charge in [0, 0.05) is 36.8 Å². The van der Waals surface area contributed by atoms with Crippen molar-refractivity contribution in [3.63, 3.8) is 0 Å². The van der Waals surface area contributed by atoms with E-state index in [4.69, 9.17) is 13.9 Å². The van der Waals surface area contributed by atoms with Crippen LogP contribution in [-0.2, 0) is 6.42 Å². The van der Waals surface area contributed by atoms with E-state index in [9.17, 15) is 4.39 Å². The molecule has 0 aliphatic rings. The Hall–Kier alpha value is -3.55. The second-order valence-electron chi connectivity index (χ2n) is 6.59. The number of guanidine groups is 1. The maximum absolute atomic E-state index is 13.1. The number of methoxy groups -OCH3 is 1. The monoisotopic (exact) mass is 426 g/mol. The highest BCUT2D eigenvalue weighted by atomic mass is 19.1. The van der Waals surface area contributed by atoms with Crippen LogP contribution in [0.4, 0.5) is 10.1 Å². The standard InChI is InChI=1S/C23H27FN4O3/c1-4-25-23(28-18-10-11-20(30-5-2)21(14-18)29-3)26-13-12-19-15-31-22(27-19)16-6-8-17(24)9-7-16/h6-11,14-15H,4-5,12-13H2,1-3H3,(H2,25,26,28). The van der Waals surface area contributed by atoms with Gasteiger partial charge in [0.2, 0.25) is 5.89 Å². The van der Waals surface area contributed by atoms with Crippen LogP contribution in [0.25, 0.3) is 11.5 Å². The van der Waals surface area contributed by atoms with Gasteiger partial charge in [-0.15, -0.1) is 0 Å². The summed E-state index contributed by atoms with van der Waals surface area (Å²) >= 11 is 0. The Bertz CT molecular complexity index is 1000. The molecule has 1 aromatic heterocycles. The molecular weight excluding hydrogens is 399 g/mol. The van der Waals surface area contributed by atoms with Crippen LogP contribution in [0.3, 0.4) is 0 Å². The lowest BCUT2D eigenvalue weighted by Crippen LogP contribution is -2.30. The molecule has 0 unspecified atom stereocenters. The topological polar surface area (TPSA) is 80.9 Å². The summed E-state index contributed by atoms with van der Waals surface area (Å²) < 4.78 is 29.5. The molecule has 0 atom stereocenters. The van der Waals surface area contributed by atoms with Gasteiger partial charge in [-0.1, -0.05) is 0 Å². The molecule has 2 N–H and O–H groups in total. The predicted molar refractivity (Wildman–Crippen MR) is 119 cm³/mol. The van der Waals surface area contributed by atoms with Gasteiger partial charge in [0.05, 0.1) is 19.4 Å². The number of aromatic nitrogens is 1. The highest BCUT2D eigenvalue weighted by Crippen LogP contribution is 2.30. The van der Waals surface area contributed by atoms with Gasteiger partial charge in [0.1, 0.15) is 12.1 Å². The molecule has 0 bridgehead atoms. The summed E-state index contributed by atoms with van der Waals surface area (Å²) in [5.74, 6) is 2.17. The molecule has 31 heavy (non-hydrogen) atoms. The Balaban J connectivity index is 1.63. The van der Waals surface area contributed by atoms with Crippen molar-refractivity contribution in [1.29, 1.82) is 0 Å². The maximum Gasteiger partial charge on any atom is 0.226 e. The number of ether oxygens (including phenoxy) is 2. The van der Waals surface area contributed by atoms with Crippen LogP contribution in [0.2, 0.25) is 0 Å². The summed E-state index contributed by atoms with van der Waals surface area (Å²) in [6, 6.07) is 11.7. The fraction of sp³-hybridized carbons (Fsp3) is 0.304. The Morgan fingerprint density at radius 3 is 2.65 bits per heavy atom. The number of hydrogen-bond acceptors (Lipinski definition) is 5. The van der Waals surface area contributed by atoms with Crippen LogP contribution in [0.1, 0.15) is 19.5 Å². The zero-order valence-electron chi connectivity index (χ0n) is 17.9. The summed E-state index contributed by atoms with van der Waals surface area (Å²) in [4.78, 5) is 9.06. The van der Waals surface area contributed by atoms with Crippen molar-refractivity contribution in [3.05, 3.63) is 60.2 Å². The smallest absolute Gasteiger partial charge is 0.226 e. The van der Waals surface area contributed by atoms with Gasteiger partial charge in [0.15, 0.2) is 17.5 Å². The van der Waals surface area contributed by atoms with Crippen LogP contribution in [-0.4, -0.2) is 37.7 Å². The first kappa shape index (κ1) is 22.1. The van der Waals surface area contributed by atoms with Gasteiger partial charge in [-0.05, 0) is 50.2 Å². The van der Waals surface area contributed by atoms with Crippen molar-refractivity contribution in [2.24, 2.45) is 4.99 Å². The lowest BCUT2D eigenvalue weighted by molar-refractivity contribution is 0.311. The second-order valence-corrected chi connectivity index (χ2v) is 6.59. The van der Waals surface area contributed by atoms with Crippen molar-refractivity contribution in [2.45, 2.75) is 20.3 Å². The number of benzene rings is 2. The van der Waals surface area contributed by atoms with E-state index in [1.165, 1.54) is 12.1 Å². The van der Waals surface area contributed by atoms with Crippen molar-refractivity contribution in [3.8, 4) is 23.0 Å². The van der Waals surface area contributed by atoms with E-state index in [0.717, 1.165) is 23.5 Å². The zero-order valence-corrected chi connectivity index (χ0v) is 17.9. The van der Waals surface area contributed by atoms with E-state index < -0.39 is 0 Å². The quantitative estimate of drug-likeness (QED) is 0.387. The number of hydrogen-bond donors (Lipinski definition) is 2. The van der Waals surface area contributed by atoms with E-state index in [-0.39, 0.29) is 5.82 Å². The normalized spacial score (nSPS) is 11.3. The average Bonchev–Trinajstić information content (AvgIpc) is 3.24. The lowest BCUT2D eigenvalue weighted by Gasteiger charge is -2.14. The minimum absolute atomic E-state index is 0.293. The number of halogens is 1. The number of oxazole rings is 1. The zero-order chi connectivity index (χ0) is 22.1. The highest BCUT2D eigenvalue weighted by Gasteiger charge is 2.09. The van der Waals surface area contributed by atoms with E-state index in [1.807, 2.05) is 32.0 Å². The predicted octanol–water partition coefficient (Wildman–Crippen LogP) is 4.51. The molecule has 0 amide bonds. The summed E-state index contributed by atoms with van der Waals surface area (Å²) in [7, 11) is 1.61. The molecule has 0 saturated heterocycles. The third kappa shape index (κ3) is 6.21. The molecule has 3 aromatic rings. The van der Waals surface area contributed by atoms with Gasteiger partial charge in [-0.2, -0.15) is 0 Å². The number of rotatable bonds is 9. The average molecular weight is 426 g/mol. The van der Waals surface area contributed by atoms with Crippen LogP contribution >= 0.6 is 0 Å². The third-order valence-electron chi connectivity index (χ3n) is 4.35. The van der Waals surface area contributed by atoms with Crippen molar-refractivity contribution in [1.82, 2.24) is 10.3 Å². The number of nitrogens with zero attached hydrogens (tertiary/aromatic N) is 2. The molecule has 0 aliphatic carbocycles. The Morgan fingerprint density at radius 1 is 1.13 bits per heavy atom. The summed E-state index contributed by atoms with van der Waals surface area (Å²) in [5.41, 5.74) is 2.34. The van der Waals surface area contributed by atoms with Gasteiger partial charge in [-0.25, -0.2) is 9.37 Å². The summed E-state index contributed by atoms with van der Waals surface area (Å²) in [5, 5.41) is 6.49. The van der Waals surface area contributed by atoms with Gasteiger partial charge in [0.25, 0.3) is 0 Å². The minimum atomic E-state index is -0.293. The molecule has 0 spiro atoms. The maximum atomic E-state index is 13.1. The molecule has 164 valence electrons. The van der Waals surface area contributed by atoms with Gasteiger partial charge in [-0.3, -0.25) is 4.99 Å². The Kier molecular flexibility index (Phi) is 7.86. The molecule has 0 saturated carbocycles. The number of aliphatic imine (C=N–C) groups is 1. The number of anilines is 1. The first-order valence-electron chi connectivity index (χ1n) is 10.2. The lowest BCUT2D eigenvalue weighted by atomic mass is 10.2. The molecule has 1 heterocycles. The molecule has 3 rings (SSSR count). The third-order valence-corrected chi connectivity index (χ3v) is 4.35. The molecule has 8 heteroatoms. The molecular formula is C23H27FN4O3. The Morgan fingerprint density at radius 2 is 1.94 bits per heavy atom. The summed E-state index contributed by atoms with van der Waals surface area (Å²) in [6.45, 7) is 5.73. The van der Waals surface area contributed by atoms with Crippen molar-refractivity contribution >= 4 is 11.6 Å². The SMILES string of the molecule is CCNC(=NCCc1coc(-c2ccc(F)cc2)n1)Nc1ccc(OCC)c(OC)c1. The van der Waals surface area contributed by atoms with E-state index in [2.05, 4.69) is 20.6 Å². The molecule has 0 radical (unpaired) electrons. The fourth-order valence-electron chi connectivity index (χ4n) is 2.89. The molecule has 0 aliphatic heterocycles.